The zero-order valence-electron chi connectivity index (χ0n) is 10.8. The van der Waals surface area contributed by atoms with Crippen molar-refractivity contribution in [3.8, 4) is 0 Å². The number of carbonyl (C=O) groups is 1. The maximum Gasteiger partial charge on any atom is 0.296 e. The van der Waals surface area contributed by atoms with Crippen LogP contribution in [0.5, 0.6) is 0 Å². The number of aryl methyl sites for hydroxylation is 1. The minimum absolute atomic E-state index is 0.160. The van der Waals surface area contributed by atoms with E-state index >= 15 is 0 Å². The molecule has 3 heterocycles. The molecule has 1 aromatic carbocycles. The van der Waals surface area contributed by atoms with Crippen LogP contribution < -0.4 is 5.32 Å². The number of anilines is 1. The minimum Gasteiger partial charge on any atom is -0.351 e. The SMILES string of the molecule is Cc1nc2ccc3nc(NC(=O)c4ccno4)sc3c2s1. The van der Waals surface area contributed by atoms with Crippen molar-refractivity contribution in [2.45, 2.75) is 6.92 Å². The summed E-state index contributed by atoms with van der Waals surface area (Å²) in [7, 11) is 0. The molecule has 8 heteroatoms. The molecule has 0 bridgehead atoms. The van der Waals surface area contributed by atoms with E-state index in [1.807, 2.05) is 19.1 Å². The highest BCUT2D eigenvalue weighted by molar-refractivity contribution is 7.28. The van der Waals surface area contributed by atoms with Gasteiger partial charge in [-0.2, -0.15) is 0 Å². The fourth-order valence-corrected chi connectivity index (χ4v) is 4.03. The number of amides is 1. The van der Waals surface area contributed by atoms with Gasteiger partial charge in [-0.15, -0.1) is 11.3 Å². The standard InChI is InChI=1S/C13H8N4O2S2/c1-6-15-7-2-3-8-11(10(7)20-6)21-13(16-8)17-12(18)9-4-5-14-19-9/h2-5H,1H3,(H,16,17,18). The van der Waals surface area contributed by atoms with Crippen LogP contribution in [0.2, 0.25) is 0 Å². The molecule has 0 unspecified atom stereocenters. The molecule has 1 amide bonds. The highest BCUT2D eigenvalue weighted by Gasteiger charge is 2.15. The van der Waals surface area contributed by atoms with Gasteiger partial charge in [-0.05, 0) is 19.1 Å². The van der Waals surface area contributed by atoms with Crippen molar-refractivity contribution in [1.29, 1.82) is 0 Å². The van der Waals surface area contributed by atoms with Gasteiger partial charge in [-0.3, -0.25) is 10.1 Å². The van der Waals surface area contributed by atoms with E-state index in [0.29, 0.717) is 5.13 Å². The number of hydrogen-bond donors (Lipinski definition) is 1. The average molecular weight is 316 g/mol. The van der Waals surface area contributed by atoms with Crippen molar-refractivity contribution in [2.24, 2.45) is 0 Å². The summed E-state index contributed by atoms with van der Waals surface area (Å²) in [6.07, 6.45) is 1.43. The molecular weight excluding hydrogens is 308 g/mol. The molecular formula is C13H8N4O2S2. The maximum atomic E-state index is 11.9. The van der Waals surface area contributed by atoms with Gasteiger partial charge >= 0.3 is 0 Å². The molecule has 3 aromatic heterocycles. The number of thiazole rings is 2. The van der Waals surface area contributed by atoms with E-state index in [1.165, 1.54) is 23.6 Å². The Morgan fingerprint density at radius 1 is 1.14 bits per heavy atom. The van der Waals surface area contributed by atoms with E-state index in [2.05, 4.69) is 20.4 Å². The van der Waals surface area contributed by atoms with Crippen LogP contribution in [0, 0.1) is 6.92 Å². The Kier molecular flexibility index (Phi) is 2.72. The molecule has 0 radical (unpaired) electrons. The Morgan fingerprint density at radius 2 is 1.90 bits per heavy atom. The third-order valence-electron chi connectivity index (χ3n) is 2.90. The Bertz CT molecular complexity index is 955. The number of hydrogen-bond acceptors (Lipinski definition) is 7. The van der Waals surface area contributed by atoms with Crippen molar-refractivity contribution in [2.75, 3.05) is 5.32 Å². The van der Waals surface area contributed by atoms with Crippen LogP contribution in [0.1, 0.15) is 15.6 Å². The molecule has 0 spiro atoms. The van der Waals surface area contributed by atoms with Crippen LogP contribution in [0.15, 0.2) is 28.9 Å². The first kappa shape index (κ1) is 12.4. The normalized spacial score (nSPS) is 11.3. The van der Waals surface area contributed by atoms with Crippen LogP contribution in [0.3, 0.4) is 0 Å². The Labute approximate surface area is 126 Å². The van der Waals surface area contributed by atoms with Crippen molar-refractivity contribution in [1.82, 2.24) is 15.1 Å². The summed E-state index contributed by atoms with van der Waals surface area (Å²) >= 11 is 3.06. The Hall–Kier alpha value is -2.32. The molecule has 0 aliphatic heterocycles. The summed E-state index contributed by atoms with van der Waals surface area (Å²) in [6, 6.07) is 5.37. The molecule has 1 N–H and O–H groups in total. The van der Waals surface area contributed by atoms with Crippen LogP contribution in [-0.2, 0) is 0 Å². The molecule has 0 fully saturated rings. The van der Waals surface area contributed by atoms with Crippen LogP contribution in [0.25, 0.3) is 20.4 Å². The summed E-state index contributed by atoms with van der Waals surface area (Å²) in [5.41, 5.74) is 1.81. The molecule has 4 rings (SSSR count). The van der Waals surface area contributed by atoms with E-state index in [1.54, 1.807) is 11.3 Å². The minimum atomic E-state index is -0.358. The third kappa shape index (κ3) is 2.08. The number of fused-ring (bicyclic) bond motifs is 3. The molecule has 4 aromatic rings. The van der Waals surface area contributed by atoms with Gasteiger partial charge in [0.1, 0.15) is 0 Å². The highest BCUT2D eigenvalue weighted by Crippen LogP contribution is 2.35. The monoisotopic (exact) mass is 316 g/mol. The van der Waals surface area contributed by atoms with Crippen molar-refractivity contribution in [3.63, 3.8) is 0 Å². The fraction of sp³-hybridized carbons (Fsp3) is 0.0769. The molecule has 6 nitrogen and oxygen atoms in total. The first-order valence-corrected chi connectivity index (χ1v) is 7.73. The number of rotatable bonds is 2. The lowest BCUT2D eigenvalue weighted by Crippen LogP contribution is -2.10. The van der Waals surface area contributed by atoms with Gasteiger partial charge in [0.25, 0.3) is 5.91 Å². The molecule has 104 valence electrons. The van der Waals surface area contributed by atoms with Gasteiger partial charge in [0.05, 0.1) is 31.6 Å². The predicted molar refractivity (Wildman–Crippen MR) is 82.0 cm³/mol. The van der Waals surface area contributed by atoms with Gasteiger partial charge in [-0.1, -0.05) is 16.5 Å². The molecule has 0 saturated heterocycles. The molecule has 21 heavy (non-hydrogen) atoms. The second-order valence-electron chi connectivity index (χ2n) is 4.34. The number of benzene rings is 1. The highest BCUT2D eigenvalue weighted by atomic mass is 32.1. The van der Waals surface area contributed by atoms with E-state index in [-0.39, 0.29) is 11.7 Å². The molecule has 0 aliphatic rings. The van der Waals surface area contributed by atoms with Crippen LogP contribution >= 0.6 is 22.7 Å². The van der Waals surface area contributed by atoms with Crippen molar-refractivity contribution >= 4 is 54.1 Å². The van der Waals surface area contributed by atoms with Crippen LogP contribution in [0.4, 0.5) is 5.13 Å². The van der Waals surface area contributed by atoms with Gasteiger partial charge in [0.15, 0.2) is 5.13 Å². The Balaban J connectivity index is 1.76. The predicted octanol–water partition coefficient (Wildman–Crippen LogP) is 3.45. The summed E-state index contributed by atoms with van der Waals surface area (Å²) in [6.45, 7) is 1.98. The largest absolute Gasteiger partial charge is 0.351 e. The second kappa shape index (κ2) is 4.61. The zero-order valence-corrected chi connectivity index (χ0v) is 12.4. The van der Waals surface area contributed by atoms with Crippen LogP contribution in [-0.4, -0.2) is 21.0 Å². The first-order chi connectivity index (χ1) is 10.2. The van der Waals surface area contributed by atoms with Gasteiger partial charge in [0, 0.05) is 6.07 Å². The number of nitrogens with zero attached hydrogens (tertiary/aromatic N) is 3. The third-order valence-corrected chi connectivity index (χ3v) is 5.04. The van der Waals surface area contributed by atoms with E-state index < -0.39 is 0 Å². The topological polar surface area (TPSA) is 80.9 Å². The van der Waals surface area contributed by atoms with Gasteiger partial charge < -0.3 is 4.52 Å². The quantitative estimate of drug-likeness (QED) is 0.612. The lowest BCUT2D eigenvalue weighted by Gasteiger charge is -1.95. The summed E-state index contributed by atoms with van der Waals surface area (Å²) < 4.78 is 6.96. The maximum absolute atomic E-state index is 11.9. The van der Waals surface area contributed by atoms with E-state index in [4.69, 9.17) is 4.52 Å². The van der Waals surface area contributed by atoms with Gasteiger partial charge in [-0.25, -0.2) is 9.97 Å². The number of aromatic nitrogens is 3. The molecule has 0 aliphatic carbocycles. The summed E-state index contributed by atoms with van der Waals surface area (Å²) in [5, 5.41) is 7.78. The van der Waals surface area contributed by atoms with Crippen molar-refractivity contribution in [3.05, 3.63) is 35.2 Å². The fourth-order valence-electron chi connectivity index (χ4n) is 2.03. The van der Waals surface area contributed by atoms with Crippen molar-refractivity contribution < 1.29 is 9.32 Å². The first-order valence-electron chi connectivity index (χ1n) is 6.09. The average Bonchev–Trinajstić information content (AvgIpc) is 3.14. The zero-order chi connectivity index (χ0) is 14.4. The number of carbonyl (C=O) groups excluding carboxylic acids is 1. The smallest absolute Gasteiger partial charge is 0.296 e. The molecule has 0 atom stereocenters. The number of nitrogens with one attached hydrogen (secondary N) is 1. The summed E-state index contributed by atoms with van der Waals surface area (Å²) in [5.74, 6) is -0.198. The lowest BCUT2D eigenvalue weighted by atomic mass is 10.3. The van der Waals surface area contributed by atoms with Gasteiger partial charge in [0.2, 0.25) is 5.76 Å². The second-order valence-corrected chi connectivity index (χ2v) is 6.55. The molecule has 0 saturated carbocycles. The summed E-state index contributed by atoms with van der Waals surface area (Å²) in [4.78, 5) is 20.8. The lowest BCUT2D eigenvalue weighted by molar-refractivity contribution is 0.0988. The van der Waals surface area contributed by atoms with E-state index in [9.17, 15) is 4.79 Å². The Morgan fingerprint density at radius 3 is 2.67 bits per heavy atom. The van der Waals surface area contributed by atoms with E-state index in [0.717, 1.165) is 25.4 Å².